The van der Waals surface area contributed by atoms with E-state index in [1.54, 1.807) is 0 Å². The molecule has 0 spiro atoms. The molecule has 1 rings (SSSR count). The van der Waals surface area contributed by atoms with Crippen LogP contribution in [-0.2, 0) is 4.79 Å². The molecule has 0 aliphatic rings. The minimum absolute atomic E-state index is 0.0268. The van der Waals surface area contributed by atoms with Crippen LogP contribution in [0.1, 0.15) is 51.6 Å². The van der Waals surface area contributed by atoms with Crippen molar-refractivity contribution in [1.82, 2.24) is 5.32 Å². The third-order valence-corrected chi connectivity index (χ3v) is 4.92. The van der Waals surface area contributed by atoms with Gasteiger partial charge in [0.1, 0.15) is 0 Å². The molecule has 0 aliphatic carbocycles. The van der Waals surface area contributed by atoms with Gasteiger partial charge in [0, 0.05) is 19.2 Å². The normalized spacial score (nSPS) is 14.4. The topological polar surface area (TPSA) is 75.3 Å². The summed E-state index contributed by atoms with van der Waals surface area (Å²) in [5.74, 6) is -0.316. The Kier molecular flexibility index (Phi) is 7.56. The van der Waals surface area contributed by atoms with Crippen LogP contribution in [0.2, 0.25) is 0 Å². The van der Waals surface area contributed by atoms with Crippen LogP contribution >= 0.6 is 0 Å². The predicted octanol–water partition coefficient (Wildman–Crippen LogP) is 2.63. The van der Waals surface area contributed by atoms with Gasteiger partial charge in [0.05, 0.1) is 5.92 Å². The molecule has 22 heavy (non-hydrogen) atoms. The highest BCUT2D eigenvalue weighted by atomic mass is 16.3. The first-order valence-corrected chi connectivity index (χ1v) is 8.18. The Bertz CT molecular complexity index is 444. The largest absolute Gasteiger partial charge is 0.396 e. The summed E-state index contributed by atoms with van der Waals surface area (Å²) in [6, 6.07) is 9.38. The number of amides is 1. The van der Waals surface area contributed by atoms with E-state index in [2.05, 4.69) is 19.2 Å². The molecule has 1 aromatic carbocycles. The number of benzene rings is 1. The van der Waals surface area contributed by atoms with Gasteiger partial charge in [0.15, 0.2) is 0 Å². The molecule has 0 radical (unpaired) electrons. The van der Waals surface area contributed by atoms with Crippen LogP contribution in [-0.4, -0.2) is 24.2 Å². The van der Waals surface area contributed by atoms with Crippen LogP contribution in [0.4, 0.5) is 0 Å². The second-order valence-corrected chi connectivity index (χ2v) is 6.12. The van der Waals surface area contributed by atoms with Crippen LogP contribution in [0.25, 0.3) is 0 Å². The minimum atomic E-state index is -0.309. The Labute approximate surface area is 134 Å². The summed E-state index contributed by atoms with van der Waals surface area (Å²) in [5, 5.41) is 12.3. The molecular weight excluding hydrogens is 276 g/mol. The third kappa shape index (κ3) is 4.82. The molecule has 0 heterocycles. The number of carbonyl (C=O) groups excluding carboxylic acids is 1. The molecule has 1 aromatic rings. The number of aliphatic hydroxyl groups excluding tert-OH is 1. The zero-order chi connectivity index (χ0) is 16.6. The molecule has 0 saturated carbocycles. The third-order valence-electron chi connectivity index (χ3n) is 4.92. The van der Waals surface area contributed by atoms with E-state index in [0.717, 1.165) is 18.4 Å². The van der Waals surface area contributed by atoms with Gasteiger partial charge in [-0.2, -0.15) is 0 Å². The van der Waals surface area contributed by atoms with Crippen molar-refractivity contribution in [2.24, 2.45) is 17.1 Å². The molecule has 4 heteroatoms. The average Bonchev–Trinajstić information content (AvgIpc) is 2.57. The lowest BCUT2D eigenvalue weighted by molar-refractivity contribution is -0.125. The first-order chi connectivity index (χ1) is 10.5. The van der Waals surface area contributed by atoms with Crippen molar-refractivity contribution in [3.63, 3.8) is 0 Å². The number of aliphatic hydroxyl groups is 1. The van der Waals surface area contributed by atoms with Gasteiger partial charge in [-0.1, -0.05) is 51.1 Å². The molecule has 1 amide bonds. The first-order valence-electron chi connectivity index (χ1n) is 8.18. The van der Waals surface area contributed by atoms with Crippen molar-refractivity contribution in [3.8, 4) is 0 Å². The summed E-state index contributed by atoms with van der Waals surface area (Å²) in [6.07, 6.45) is 2.58. The maximum Gasteiger partial charge on any atom is 0.224 e. The number of hydrogen-bond donors (Lipinski definition) is 3. The van der Waals surface area contributed by atoms with E-state index < -0.39 is 0 Å². The zero-order valence-corrected chi connectivity index (χ0v) is 14.0. The molecular formula is C18H30N2O2. The molecule has 124 valence electrons. The van der Waals surface area contributed by atoms with Crippen LogP contribution in [0, 0.1) is 11.3 Å². The van der Waals surface area contributed by atoms with Crippen molar-refractivity contribution in [1.29, 1.82) is 0 Å². The Hall–Kier alpha value is -1.39. The predicted molar refractivity (Wildman–Crippen MR) is 90.3 cm³/mol. The Balaban J connectivity index is 2.64. The van der Waals surface area contributed by atoms with Gasteiger partial charge >= 0.3 is 0 Å². The molecule has 2 atom stereocenters. The lowest BCUT2D eigenvalue weighted by Gasteiger charge is -2.32. The van der Waals surface area contributed by atoms with Crippen molar-refractivity contribution in [2.45, 2.75) is 46.1 Å². The highest BCUT2D eigenvalue weighted by Gasteiger charge is 2.28. The molecule has 4 N–H and O–H groups in total. The maximum atomic E-state index is 12.4. The maximum absolute atomic E-state index is 12.4. The van der Waals surface area contributed by atoms with Crippen molar-refractivity contribution >= 4 is 5.91 Å². The quantitative estimate of drug-likeness (QED) is 0.656. The van der Waals surface area contributed by atoms with E-state index in [4.69, 9.17) is 5.73 Å². The van der Waals surface area contributed by atoms with Crippen molar-refractivity contribution in [2.75, 3.05) is 13.2 Å². The van der Waals surface area contributed by atoms with Crippen LogP contribution in [0.5, 0.6) is 0 Å². The number of carbonyl (C=O) groups is 1. The molecule has 0 aromatic heterocycles. The Morgan fingerprint density at radius 3 is 2.36 bits per heavy atom. The van der Waals surface area contributed by atoms with Crippen molar-refractivity contribution < 1.29 is 9.90 Å². The smallest absolute Gasteiger partial charge is 0.224 e. The minimum Gasteiger partial charge on any atom is -0.396 e. The van der Waals surface area contributed by atoms with Gasteiger partial charge in [-0.25, -0.2) is 0 Å². The monoisotopic (exact) mass is 306 g/mol. The molecule has 0 aliphatic heterocycles. The van der Waals surface area contributed by atoms with Crippen LogP contribution in [0.3, 0.4) is 0 Å². The standard InChI is InChI=1S/C18H30N2O2/c1-4-18(5-2,11-12-21)13-20-17(22)14(3)16(19)15-9-7-6-8-10-15/h6-10,14,16,21H,4-5,11-13,19H2,1-3H3,(H,20,22). The van der Waals surface area contributed by atoms with Gasteiger partial charge in [0.2, 0.25) is 5.91 Å². The zero-order valence-electron chi connectivity index (χ0n) is 14.0. The molecule has 0 bridgehead atoms. The fraction of sp³-hybridized carbons (Fsp3) is 0.611. The van der Waals surface area contributed by atoms with Gasteiger partial charge in [-0.05, 0) is 30.2 Å². The molecule has 0 saturated heterocycles. The van der Waals surface area contributed by atoms with Crippen LogP contribution < -0.4 is 11.1 Å². The summed E-state index contributed by atoms with van der Waals surface area (Å²) in [5.41, 5.74) is 7.14. The van der Waals surface area contributed by atoms with E-state index >= 15 is 0 Å². The van der Waals surface area contributed by atoms with E-state index in [1.165, 1.54) is 0 Å². The number of rotatable bonds is 9. The van der Waals surface area contributed by atoms with E-state index in [0.29, 0.717) is 13.0 Å². The molecule has 4 nitrogen and oxygen atoms in total. The average molecular weight is 306 g/mol. The van der Waals surface area contributed by atoms with E-state index in [1.807, 2.05) is 37.3 Å². The second kappa shape index (κ2) is 8.91. The first kappa shape index (κ1) is 18.7. The van der Waals surface area contributed by atoms with Crippen molar-refractivity contribution in [3.05, 3.63) is 35.9 Å². The van der Waals surface area contributed by atoms with Gasteiger partial charge in [0.25, 0.3) is 0 Å². The lowest BCUT2D eigenvalue weighted by atomic mass is 9.79. The molecule has 2 unspecified atom stereocenters. The Morgan fingerprint density at radius 1 is 1.27 bits per heavy atom. The number of nitrogens with one attached hydrogen (secondary N) is 1. The summed E-state index contributed by atoms with van der Waals surface area (Å²) in [7, 11) is 0. The number of nitrogens with two attached hydrogens (primary N) is 1. The summed E-state index contributed by atoms with van der Waals surface area (Å²) in [6.45, 7) is 6.80. The SMILES string of the molecule is CCC(CC)(CCO)CNC(=O)C(C)C(N)c1ccccc1. The Morgan fingerprint density at radius 2 is 1.86 bits per heavy atom. The fourth-order valence-electron chi connectivity index (χ4n) is 2.74. The van der Waals surface area contributed by atoms with Gasteiger partial charge < -0.3 is 16.2 Å². The summed E-state index contributed by atoms with van der Waals surface area (Å²) in [4.78, 5) is 12.4. The van der Waals surface area contributed by atoms with Gasteiger partial charge in [-0.15, -0.1) is 0 Å². The highest BCUT2D eigenvalue weighted by molar-refractivity contribution is 5.79. The number of hydrogen-bond acceptors (Lipinski definition) is 3. The van der Waals surface area contributed by atoms with E-state index in [-0.39, 0.29) is 29.9 Å². The summed E-state index contributed by atoms with van der Waals surface area (Å²) >= 11 is 0. The van der Waals surface area contributed by atoms with E-state index in [9.17, 15) is 9.90 Å². The fourth-order valence-corrected chi connectivity index (χ4v) is 2.74. The highest BCUT2D eigenvalue weighted by Crippen LogP contribution is 2.29. The lowest BCUT2D eigenvalue weighted by Crippen LogP contribution is -2.42. The second-order valence-electron chi connectivity index (χ2n) is 6.12. The molecule has 0 fully saturated rings. The van der Waals surface area contributed by atoms with Crippen LogP contribution in [0.15, 0.2) is 30.3 Å². The van der Waals surface area contributed by atoms with Gasteiger partial charge in [-0.3, -0.25) is 4.79 Å². The summed E-state index contributed by atoms with van der Waals surface area (Å²) < 4.78 is 0.